The fourth-order valence-electron chi connectivity index (χ4n) is 2.40. The summed E-state index contributed by atoms with van der Waals surface area (Å²) in [5.74, 6) is -0.809. The molecular formula is C17H14N2O3. The van der Waals surface area contributed by atoms with Crippen molar-refractivity contribution in [2.24, 2.45) is 0 Å². The van der Waals surface area contributed by atoms with E-state index in [9.17, 15) is 9.59 Å². The number of benzene rings is 2. The third kappa shape index (κ3) is 2.48. The van der Waals surface area contributed by atoms with Gasteiger partial charge in [-0.3, -0.25) is 9.59 Å². The van der Waals surface area contributed by atoms with Crippen LogP contribution in [0.3, 0.4) is 0 Å². The predicted octanol–water partition coefficient (Wildman–Crippen LogP) is 2.29. The zero-order chi connectivity index (χ0) is 15.5. The molecule has 1 aromatic heterocycles. The first-order valence-electron chi connectivity index (χ1n) is 6.83. The molecule has 22 heavy (non-hydrogen) atoms. The number of nitrogens with one attached hydrogen (secondary N) is 1. The van der Waals surface area contributed by atoms with Crippen molar-refractivity contribution in [1.29, 1.82) is 0 Å². The van der Waals surface area contributed by atoms with Crippen molar-refractivity contribution in [3.63, 3.8) is 0 Å². The number of methoxy groups -OCH3 is 1. The van der Waals surface area contributed by atoms with Gasteiger partial charge in [0, 0.05) is 10.8 Å². The van der Waals surface area contributed by atoms with Crippen molar-refractivity contribution in [3.05, 3.63) is 54.1 Å². The maximum absolute atomic E-state index is 12.5. The molecule has 0 radical (unpaired) electrons. The molecule has 0 aliphatic heterocycles. The minimum Gasteiger partial charge on any atom is -0.468 e. The lowest BCUT2D eigenvalue weighted by Crippen LogP contribution is -2.30. The van der Waals surface area contributed by atoms with Crippen LogP contribution in [-0.2, 0) is 9.53 Å². The number of rotatable bonds is 3. The molecular weight excluding hydrogens is 280 g/mol. The maximum atomic E-state index is 12.5. The number of para-hydroxylation sites is 2. The number of carbonyl (C=O) groups excluding carboxylic acids is 2. The lowest BCUT2D eigenvalue weighted by atomic mass is 10.0. The molecule has 3 rings (SSSR count). The van der Waals surface area contributed by atoms with E-state index in [0.29, 0.717) is 5.56 Å². The van der Waals surface area contributed by atoms with Gasteiger partial charge in [0.2, 0.25) is 0 Å². The Balaban J connectivity index is 2.15. The van der Waals surface area contributed by atoms with Gasteiger partial charge in [-0.1, -0.05) is 36.4 Å². The zero-order valence-corrected chi connectivity index (χ0v) is 12.0. The average molecular weight is 294 g/mol. The number of pyridine rings is 1. The van der Waals surface area contributed by atoms with E-state index in [1.807, 2.05) is 48.5 Å². The van der Waals surface area contributed by atoms with Crippen molar-refractivity contribution in [2.75, 3.05) is 13.7 Å². The minimum atomic E-state index is -0.490. The number of hydrogen-bond acceptors (Lipinski definition) is 4. The molecule has 5 heteroatoms. The Bertz CT molecular complexity index is 820. The predicted molar refractivity (Wildman–Crippen MR) is 83.6 cm³/mol. The van der Waals surface area contributed by atoms with Crippen LogP contribution in [0.5, 0.6) is 0 Å². The zero-order valence-electron chi connectivity index (χ0n) is 12.0. The maximum Gasteiger partial charge on any atom is 0.325 e. The van der Waals surface area contributed by atoms with Crippen molar-refractivity contribution >= 4 is 33.7 Å². The number of esters is 1. The van der Waals surface area contributed by atoms with Gasteiger partial charge in [0.05, 0.1) is 23.7 Å². The summed E-state index contributed by atoms with van der Waals surface area (Å²) in [5, 5.41) is 4.10. The molecule has 0 aliphatic rings. The third-order valence-electron chi connectivity index (χ3n) is 3.44. The standard InChI is InChI=1S/C17H14N2O3/c1-22-15(20)10-18-17(21)16-11-6-2-4-8-13(11)19-14-9-5-3-7-12(14)16/h2-9H,10H2,1H3,(H,18,21). The highest BCUT2D eigenvalue weighted by Gasteiger charge is 2.16. The van der Waals surface area contributed by atoms with Crippen LogP contribution >= 0.6 is 0 Å². The van der Waals surface area contributed by atoms with Crippen LogP contribution in [0.2, 0.25) is 0 Å². The topological polar surface area (TPSA) is 68.3 Å². The molecule has 0 aliphatic carbocycles. The second-order valence-electron chi connectivity index (χ2n) is 4.78. The summed E-state index contributed by atoms with van der Waals surface area (Å²) in [6.07, 6.45) is 0. The highest BCUT2D eigenvalue weighted by atomic mass is 16.5. The molecule has 0 saturated heterocycles. The van der Waals surface area contributed by atoms with Gasteiger partial charge in [0.1, 0.15) is 6.54 Å². The fraction of sp³-hybridized carbons (Fsp3) is 0.118. The van der Waals surface area contributed by atoms with Gasteiger partial charge >= 0.3 is 5.97 Å². The molecule has 0 spiro atoms. The molecule has 1 N–H and O–H groups in total. The molecule has 3 aromatic rings. The fourth-order valence-corrected chi connectivity index (χ4v) is 2.40. The van der Waals surface area contributed by atoms with Gasteiger partial charge in [-0.15, -0.1) is 0 Å². The second kappa shape index (κ2) is 5.81. The smallest absolute Gasteiger partial charge is 0.325 e. The molecule has 0 unspecified atom stereocenters. The number of fused-ring (bicyclic) bond motifs is 2. The molecule has 5 nitrogen and oxygen atoms in total. The molecule has 0 bridgehead atoms. The Morgan fingerprint density at radius 3 is 2.09 bits per heavy atom. The summed E-state index contributed by atoms with van der Waals surface area (Å²) >= 11 is 0. The minimum absolute atomic E-state index is 0.166. The van der Waals surface area contributed by atoms with E-state index in [4.69, 9.17) is 0 Å². The van der Waals surface area contributed by atoms with Crippen LogP contribution in [0.25, 0.3) is 21.8 Å². The highest BCUT2D eigenvalue weighted by Crippen LogP contribution is 2.25. The molecule has 1 amide bonds. The van der Waals surface area contributed by atoms with Crippen molar-refractivity contribution in [1.82, 2.24) is 10.3 Å². The molecule has 0 fully saturated rings. The highest BCUT2D eigenvalue weighted by molar-refractivity contribution is 6.16. The van der Waals surface area contributed by atoms with Crippen LogP contribution in [0.15, 0.2) is 48.5 Å². The van der Waals surface area contributed by atoms with Gasteiger partial charge in [-0.2, -0.15) is 0 Å². The Hall–Kier alpha value is -2.95. The Morgan fingerprint density at radius 2 is 1.55 bits per heavy atom. The quantitative estimate of drug-likeness (QED) is 0.594. The Kier molecular flexibility index (Phi) is 3.70. The molecule has 1 heterocycles. The molecule has 0 saturated carbocycles. The van der Waals surface area contributed by atoms with Gasteiger partial charge in [0.25, 0.3) is 5.91 Å². The average Bonchev–Trinajstić information content (AvgIpc) is 2.57. The van der Waals surface area contributed by atoms with Gasteiger partial charge in [0.15, 0.2) is 0 Å². The van der Waals surface area contributed by atoms with E-state index < -0.39 is 5.97 Å². The number of ether oxygens (including phenoxy) is 1. The second-order valence-corrected chi connectivity index (χ2v) is 4.78. The Labute approximate surface area is 126 Å². The van der Waals surface area contributed by atoms with Gasteiger partial charge < -0.3 is 10.1 Å². The van der Waals surface area contributed by atoms with Gasteiger partial charge in [-0.05, 0) is 12.1 Å². The van der Waals surface area contributed by atoms with Crippen LogP contribution in [0, 0.1) is 0 Å². The van der Waals surface area contributed by atoms with Crippen molar-refractivity contribution in [2.45, 2.75) is 0 Å². The van der Waals surface area contributed by atoms with Crippen LogP contribution in [0.4, 0.5) is 0 Å². The van der Waals surface area contributed by atoms with Crippen LogP contribution in [0.1, 0.15) is 10.4 Å². The van der Waals surface area contributed by atoms with Crippen molar-refractivity contribution < 1.29 is 14.3 Å². The number of aromatic nitrogens is 1. The molecule has 0 atom stereocenters. The molecule has 110 valence electrons. The lowest BCUT2D eigenvalue weighted by molar-refractivity contribution is -0.139. The summed E-state index contributed by atoms with van der Waals surface area (Å²) < 4.78 is 4.55. The summed E-state index contributed by atoms with van der Waals surface area (Å²) in [7, 11) is 1.28. The Morgan fingerprint density at radius 1 is 1.00 bits per heavy atom. The first kappa shape index (κ1) is 14.0. The molecule has 2 aromatic carbocycles. The van der Waals surface area contributed by atoms with E-state index in [2.05, 4.69) is 15.0 Å². The van der Waals surface area contributed by atoms with E-state index >= 15 is 0 Å². The number of amides is 1. The largest absolute Gasteiger partial charge is 0.468 e. The summed E-state index contributed by atoms with van der Waals surface area (Å²) in [6, 6.07) is 14.9. The monoisotopic (exact) mass is 294 g/mol. The first-order chi connectivity index (χ1) is 10.7. The SMILES string of the molecule is COC(=O)CNC(=O)c1c2ccccc2nc2ccccc12. The van der Waals surface area contributed by atoms with E-state index in [0.717, 1.165) is 21.8 Å². The number of hydrogen-bond donors (Lipinski definition) is 1. The number of nitrogens with zero attached hydrogens (tertiary/aromatic N) is 1. The summed E-state index contributed by atoms with van der Waals surface area (Å²) in [5.41, 5.74) is 2.00. The number of carbonyl (C=O) groups is 2. The van der Waals surface area contributed by atoms with Crippen molar-refractivity contribution in [3.8, 4) is 0 Å². The lowest BCUT2D eigenvalue weighted by Gasteiger charge is -2.10. The van der Waals surface area contributed by atoms with Crippen LogP contribution < -0.4 is 5.32 Å². The van der Waals surface area contributed by atoms with Gasteiger partial charge in [-0.25, -0.2) is 4.98 Å². The van der Waals surface area contributed by atoms with E-state index in [1.54, 1.807) is 0 Å². The summed E-state index contributed by atoms with van der Waals surface area (Å²) in [4.78, 5) is 28.3. The first-order valence-corrected chi connectivity index (χ1v) is 6.83. The normalized spacial score (nSPS) is 10.6. The van der Waals surface area contributed by atoms with E-state index in [1.165, 1.54) is 7.11 Å². The van der Waals surface area contributed by atoms with E-state index in [-0.39, 0.29) is 12.5 Å². The third-order valence-corrected chi connectivity index (χ3v) is 3.44. The van der Waals surface area contributed by atoms with Crippen LogP contribution in [-0.4, -0.2) is 30.5 Å². The summed E-state index contributed by atoms with van der Waals surface area (Å²) in [6.45, 7) is -0.166.